The molecule has 0 heterocycles. The molecule has 0 N–H and O–H groups in total. The second kappa shape index (κ2) is 9.20. The Morgan fingerprint density at radius 3 is 0.667 bits per heavy atom. The Bertz CT molecular complexity index is 129. The van der Waals surface area contributed by atoms with E-state index in [4.69, 9.17) is 38.5 Å². The Kier molecular flexibility index (Phi) is 18.0. The zero-order chi connectivity index (χ0) is 9.00. The molecule has 0 spiro atoms. The molecule has 0 aliphatic rings. The van der Waals surface area contributed by atoms with Gasteiger partial charge in [-0.15, -0.1) is 0 Å². The minimum atomic E-state index is -5.39. The number of hydrogen-bond acceptors (Lipinski definition) is 8. The van der Waals surface area contributed by atoms with Gasteiger partial charge in [-0.2, -0.15) is 15.6 Å². The summed E-state index contributed by atoms with van der Waals surface area (Å²) in [6.45, 7) is 0. The Morgan fingerprint density at radius 2 is 0.667 bits per heavy atom. The molecule has 12 heavy (non-hydrogen) atoms. The van der Waals surface area contributed by atoms with Gasteiger partial charge in [0.05, 0.1) is 0 Å². The largest absolute Gasteiger partial charge is 4.00 e. The van der Waals surface area contributed by atoms with Gasteiger partial charge in [0.2, 0.25) is 0 Å². The molecular weight excluding hydrogens is 333 g/mol. The summed E-state index contributed by atoms with van der Waals surface area (Å²) in [6, 6.07) is 0. The molecule has 0 unspecified atom stereocenters. The number of hydrogen-bond donors (Lipinski definition) is 0. The average molecular weight is 333 g/mol. The third-order valence-electron chi connectivity index (χ3n) is 0. The first-order valence-electron chi connectivity index (χ1n) is 1.46. The van der Waals surface area contributed by atoms with E-state index in [0.29, 0.717) is 0 Å². The van der Waals surface area contributed by atoms with Crippen LogP contribution in [0.15, 0.2) is 0 Å². The summed E-state index contributed by atoms with van der Waals surface area (Å²) in [5, 5.41) is 0. The van der Waals surface area contributed by atoms with E-state index in [9.17, 15) is 0 Å². The second-order valence-electron chi connectivity index (χ2n) is 0.894. The van der Waals surface area contributed by atoms with Crippen LogP contribution in [0.4, 0.5) is 0 Å². The normalized spacial score (nSPS) is 9.83. The molecule has 0 amide bonds. The van der Waals surface area contributed by atoms with Crippen molar-refractivity contribution in [1.29, 1.82) is 0 Å². The van der Waals surface area contributed by atoms with Crippen molar-refractivity contribution >= 4 is 15.6 Å². The zero-order valence-electron chi connectivity index (χ0n) is 5.07. The summed E-state index contributed by atoms with van der Waals surface area (Å²) in [7, 11) is -10.8. The van der Waals surface area contributed by atoms with Gasteiger partial charge in [0.1, 0.15) is 0 Å². The minimum absolute atomic E-state index is 0. The van der Waals surface area contributed by atoms with Crippen LogP contribution in [0, 0.1) is 0 Å². The van der Waals surface area contributed by atoms with E-state index in [-0.39, 0.29) is 43.6 Å². The van der Waals surface area contributed by atoms with E-state index < -0.39 is 15.6 Å². The van der Waals surface area contributed by atoms with Crippen molar-refractivity contribution in [3.8, 4) is 0 Å². The van der Waals surface area contributed by atoms with Crippen LogP contribution in [0.25, 0.3) is 0 Å². The van der Waals surface area contributed by atoms with Gasteiger partial charge < -0.3 is 38.5 Å². The third kappa shape index (κ3) is 492. The fraction of sp³-hybridized carbons (Fsp3) is 0. The molecule has 0 bridgehead atoms. The van der Waals surface area contributed by atoms with Crippen LogP contribution in [0.3, 0.4) is 0 Å². The maximum absolute atomic E-state index is 8.55. The number of rotatable bonds is 0. The first kappa shape index (κ1) is 23.4. The third-order valence-corrected chi connectivity index (χ3v) is 0. The van der Waals surface area contributed by atoms with Crippen LogP contribution in [0.5, 0.6) is 0 Å². The molecule has 0 rings (SSSR count). The van der Waals surface area contributed by atoms with E-state index in [0.717, 1.165) is 0 Å². The quantitative estimate of drug-likeness (QED) is 0.394. The van der Waals surface area contributed by atoms with Crippen LogP contribution < -0.4 is 29.4 Å². The summed E-state index contributed by atoms with van der Waals surface area (Å²) in [4.78, 5) is 51.3. The standard InChI is InChI=1S/Cr.2H3O4P.Zr/c;2*1-5(2,3)4;/h;2*(H3,1,2,3,4);/q+3;;;+4/p-6. The first-order valence-corrected chi connectivity index (χ1v) is 4.38. The van der Waals surface area contributed by atoms with Gasteiger partial charge in [-0.25, -0.2) is 0 Å². The Hall–Kier alpha value is 1.64. The van der Waals surface area contributed by atoms with Crippen molar-refractivity contribution in [1.82, 2.24) is 0 Å². The van der Waals surface area contributed by atoms with Crippen LogP contribution in [-0.4, -0.2) is 0 Å². The molecule has 0 fully saturated rings. The summed E-state index contributed by atoms with van der Waals surface area (Å²) in [6.07, 6.45) is 0. The van der Waals surface area contributed by atoms with Gasteiger partial charge in [-0.1, -0.05) is 0 Å². The van der Waals surface area contributed by atoms with Crippen LogP contribution in [0.2, 0.25) is 0 Å². The second-order valence-corrected chi connectivity index (χ2v) is 2.68. The maximum Gasteiger partial charge on any atom is 4.00 e. The van der Waals surface area contributed by atoms with E-state index in [1.54, 1.807) is 0 Å². The van der Waals surface area contributed by atoms with Gasteiger partial charge in [0.25, 0.3) is 0 Å². The first-order chi connectivity index (χ1) is 4.00. The summed E-state index contributed by atoms with van der Waals surface area (Å²) >= 11 is 0. The molecule has 0 saturated heterocycles. The molecule has 0 aliphatic carbocycles. The molecule has 0 aromatic rings. The smallest absolute Gasteiger partial charge is 0.822 e. The van der Waals surface area contributed by atoms with E-state index >= 15 is 0 Å². The minimum Gasteiger partial charge on any atom is -0.822 e. The average Bonchev–Trinajstić information content (AvgIpc) is 1.12. The Morgan fingerprint density at radius 1 is 0.667 bits per heavy atom. The molecular formula is CrO8P2Zr+. The van der Waals surface area contributed by atoms with Crippen molar-refractivity contribution in [3.63, 3.8) is 0 Å². The fourth-order valence-corrected chi connectivity index (χ4v) is 0. The van der Waals surface area contributed by atoms with Gasteiger partial charge in [-0.05, 0) is 0 Å². The predicted molar refractivity (Wildman–Crippen MR) is 15.2 cm³/mol. The SMILES string of the molecule is O=P([O-])([O-])[O-].O=P([O-])([O-])[O-].[Cr+3].[Zr+4]. The van der Waals surface area contributed by atoms with Crippen LogP contribution >= 0.6 is 15.6 Å². The van der Waals surface area contributed by atoms with Crippen LogP contribution in [-0.2, 0) is 52.7 Å². The zero-order valence-corrected chi connectivity index (χ0v) is 10.6. The van der Waals surface area contributed by atoms with Crippen molar-refractivity contribution in [3.05, 3.63) is 0 Å². The molecule has 0 atom stereocenters. The van der Waals surface area contributed by atoms with Gasteiger partial charge in [0.15, 0.2) is 0 Å². The Labute approximate surface area is 97.4 Å². The molecule has 0 aromatic heterocycles. The topological polar surface area (TPSA) is 172 Å². The maximum atomic E-state index is 8.55. The van der Waals surface area contributed by atoms with Crippen molar-refractivity contribution in [2.75, 3.05) is 0 Å². The predicted octanol–water partition coefficient (Wildman–Crippen LogP) is -5.65. The van der Waals surface area contributed by atoms with Crippen molar-refractivity contribution in [2.24, 2.45) is 0 Å². The molecule has 12 heteroatoms. The molecule has 1 radical (unpaired) electrons. The summed E-state index contributed by atoms with van der Waals surface area (Å²) in [5.74, 6) is 0. The van der Waals surface area contributed by atoms with E-state index in [2.05, 4.69) is 0 Å². The van der Waals surface area contributed by atoms with Crippen molar-refractivity contribution < 1.29 is 82.1 Å². The van der Waals surface area contributed by atoms with E-state index in [1.807, 2.05) is 0 Å². The van der Waals surface area contributed by atoms with Crippen LogP contribution in [0.1, 0.15) is 0 Å². The molecule has 0 aliphatic heterocycles. The van der Waals surface area contributed by atoms with Gasteiger partial charge in [0, 0.05) is 0 Å². The fourth-order valence-electron chi connectivity index (χ4n) is 0. The van der Waals surface area contributed by atoms with E-state index in [1.165, 1.54) is 0 Å². The van der Waals surface area contributed by atoms with Crippen molar-refractivity contribution in [2.45, 2.75) is 0 Å². The summed E-state index contributed by atoms with van der Waals surface area (Å²) in [5.41, 5.74) is 0. The molecule has 0 aromatic carbocycles. The Balaban J connectivity index is -0.0000000457. The summed E-state index contributed by atoms with van der Waals surface area (Å²) < 4.78 is 17.1. The van der Waals surface area contributed by atoms with Gasteiger partial charge in [-0.3, -0.25) is 0 Å². The van der Waals surface area contributed by atoms with Gasteiger partial charge >= 0.3 is 43.6 Å². The number of phosphoric acid groups is 2. The molecule has 8 nitrogen and oxygen atoms in total. The monoisotopic (exact) mass is 332 g/mol. The molecule has 0 saturated carbocycles. The molecule has 67 valence electrons.